The van der Waals surface area contributed by atoms with Crippen LogP contribution in [0.5, 0.6) is 11.5 Å². The van der Waals surface area contributed by atoms with Gasteiger partial charge in [-0.05, 0) is 55.3 Å². The Morgan fingerprint density at radius 1 is 0.941 bits per heavy atom. The fourth-order valence-corrected chi connectivity index (χ4v) is 5.93. The molecule has 0 saturated carbocycles. The molecule has 3 aromatic rings. The van der Waals surface area contributed by atoms with Crippen LogP contribution in [0.1, 0.15) is 30.5 Å². The number of rotatable bonds is 7. The first-order valence-electron chi connectivity index (χ1n) is 10.9. The second-order valence-electron chi connectivity index (χ2n) is 7.95. The van der Waals surface area contributed by atoms with E-state index in [2.05, 4.69) is 0 Å². The van der Waals surface area contributed by atoms with Crippen LogP contribution in [0.4, 0.5) is 5.69 Å². The smallest absolute Gasteiger partial charge is 0.308 e. The van der Waals surface area contributed by atoms with Gasteiger partial charge in [-0.15, -0.1) is 0 Å². The zero-order valence-electron chi connectivity index (χ0n) is 19.6. The van der Waals surface area contributed by atoms with E-state index in [-0.39, 0.29) is 17.9 Å². The quantitative estimate of drug-likeness (QED) is 0.447. The largest absolute Gasteiger partial charge is 0.493 e. The lowest BCUT2D eigenvalue weighted by Gasteiger charge is -2.39. The highest BCUT2D eigenvalue weighted by Gasteiger charge is 2.41. The molecule has 0 amide bonds. The van der Waals surface area contributed by atoms with Crippen molar-refractivity contribution in [2.24, 2.45) is 0 Å². The molecule has 0 N–H and O–H groups in total. The van der Waals surface area contributed by atoms with Crippen molar-refractivity contribution < 1.29 is 27.4 Å². The van der Waals surface area contributed by atoms with E-state index in [1.54, 1.807) is 56.5 Å². The van der Waals surface area contributed by atoms with Crippen LogP contribution in [0.15, 0.2) is 65.6 Å². The minimum absolute atomic E-state index is 0.144. The molecule has 0 bridgehead atoms. The van der Waals surface area contributed by atoms with Crippen molar-refractivity contribution in [3.05, 3.63) is 71.8 Å². The standard InChI is InChI=1S/C26H27NO6S/c1-5-33-26(28)16-23-21-15-25(32-4)24(31-3)14-20(21)19-8-6-7-9-22(19)27(23)34(29,30)18-12-10-17(2)11-13-18/h6-15,23H,5,16H2,1-4H3. The van der Waals surface area contributed by atoms with Gasteiger partial charge in [0.2, 0.25) is 0 Å². The highest BCUT2D eigenvalue weighted by atomic mass is 32.2. The average Bonchev–Trinajstić information content (AvgIpc) is 2.83. The number of hydrogen-bond donors (Lipinski definition) is 0. The molecule has 0 aromatic heterocycles. The summed E-state index contributed by atoms with van der Waals surface area (Å²) in [6, 6.07) is 16.6. The van der Waals surface area contributed by atoms with E-state index in [0.29, 0.717) is 28.3 Å². The van der Waals surface area contributed by atoms with Gasteiger partial charge in [0.15, 0.2) is 11.5 Å². The summed E-state index contributed by atoms with van der Waals surface area (Å²) in [4.78, 5) is 12.8. The molecule has 1 aliphatic rings. The molecule has 7 nitrogen and oxygen atoms in total. The number of aryl methyl sites for hydroxylation is 1. The molecule has 3 aromatic carbocycles. The molecule has 0 fully saturated rings. The van der Waals surface area contributed by atoms with Gasteiger partial charge in [0.1, 0.15) is 0 Å². The van der Waals surface area contributed by atoms with Gasteiger partial charge in [-0.2, -0.15) is 0 Å². The number of carbonyl (C=O) groups is 1. The van der Waals surface area contributed by atoms with E-state index in [1.165, 1.54) is 11.4 Å². The van der Waals surface area contributed by atoms with Crippen LogP contribution >= 0.6 is 0 Å². The molecular weight excluding hydrogens is 454 g/mol. The molecule has 1 aliphatic heterocycles. The lowest BCUT2D eigenvalue weighted by Crippen LogP contribution is -2.39. The Balaban J connectivity index is 1.99. The van der Waals surface area contributed by atoms with Gasteiger partial charge in [0.05, 0.1) is 43.9 Å². The van der Waals surface area contributed by atoms with Gasteiger partial charge in [0.25, 0.3) is 10.0 Å². The fourth-order valence-electron chi connectivity index (χ4n) is 4.28. The van der Waals surface area contributed by atoms with Crippen LogP contribution < -0.4 is 13.8 Å². The van der Waals surface area contributed by atoms with E-state index in [9.17, 15) is 13.2 Å². The van der Waals surface area contributed by atoms with Crippen LogP contribution in [0.3, 0.4) is 0 Å². The maximum atomic E-state index is 14.0. The number of hydrogen-bond acceptors (Lipinski definition) is 6. The Morgan fingerprint density at radius 2 is 1.59 bits per heavy atom. The minimum atomic E-state index is -4.03. The van der Waals surface area contributed by atoms with Gasteiger partial charge >= 0.3 is 5.97 Å². The second-order valence-corrected chi connectivity index (χ2v) is 9.77. The summed E-state index contributed by atoms with van der Waals surface area (Å²) < 4.78 is 45.6. The number of nitrogens with zero attached hydrogens (tertiary/aromatic N) is 1. The third-order valence-electron chi connectivity index (χ3n) is 5.87. The Bertz CT molecular complexity index is 1320. The Kier molecular flexibility index (Phi) is 6.52. The van der Waals surface area contributed by atoms with Crippen molar-refractivity contribution in [2.45, 2.75) is 31.2 Å². The predicted octanol–water partition coefficient (Wildman–Crippen LogP) is 4.88. The van der Waals surface area contributed by atoms with Crippen LogP contribution in [-0.2, 0) is 19.6 Å². The van der Waals surface area contributed by atoms with Crippen molar-refractivity contribution in [1.29, 1.82) is 0 Å². The van der Waals surface area contributed by atoms with E-state index >= 15 is 0 Å². The zero-order valence-corrected chi connectivity index (χ0v) is 20.4. The van der Waals surface area contributed by atoms with Crippen LogP contribution in [-0.4, -0.2) is 35.2 Å². The van der Waals surface area contributed by atoms with Crippen LogP contribution in [0.2, 0.25) is 0 Å². The molecule has 0 radical (unpaired) electrons. The van der Waals surface area contributed by atoms with Gasteiger partial charge < -0.3 is 14.2 Å². The average molecular weight is 482 g/mol. The lowest BCUT2D eigenvalue weighted by atomic mass is 9.87. The van der Waals surface area contributed by atoms with Crippen molar-refractivity contribution in [3.63, 3.8) is 0 Å². The van der Waals surface area contributed by atoms with Crippen molar-refractivity contribution in [3.8, 4) is 22.6 Å². The summed E-state index contributed by atoms with van der Waals surface area (Å²) in [6.45, 7) is 3.81. The summed E-state index contributed by atoms with van der Waals surface area (Å²) in [6.07, 6.45) is -0.157. The SMILES string of the molecule is CCOC(=O)CC1c2cc(OC)c(OC)cc2-c2ccccc2N1S(=O)(=O)c1ccc(C)cc1. The van der Waals surface area contributed by atoms with Crippen molar-refractivity contribution >= 4 is 21.7 Å². The number of esters is 1. The molecule has 0 aliphatic carbocycles. The Hall–Kier alpha value is -3.52. The molecule has 0 spiro atoms. The van der Waals surface area contributed by atoms with Gasteiger partial charge in [-0.25, -0.2) is 8.42 Å². The maximum absolute atomic E-state index is 14.0. The molecule has 0 saturated heterocycles. The minimum Gasteiger partial charge on any atom is -0.493 e. The topological polar surface area (TPSA) is 82.1 Å². The number of anilines is 1. The van der Waals surface area contributed by atoms with E-state index in [0.717, 1.165) is 11.1 Å². The predicted molar refractivity (Wildman–Crippen MR) is 130 cm³/mol. The molecule has 178 valence electrons. The highest BCUT2D eigenvalue weighted by Crippen LogP contribution is 2.51. The summed E-state index contributed by atoms with van der Waals surface area (Å²) >= 11 is 0. The summed E-state index contributed by atoms with van der Waals surface area (Å²) in [5, 5.41) is 0. The second kappa shape index (κ2) is 9.38. The van der Waals surface area contributed by atoms with Gasteiger partial charge in [-0.1, -0.05) is 35.9 Å². The fraction of sp³-hybridized carbons (Fsp3) is 0.269. The molecule has 1 atom stereocenters. The van der Waals surface area contributed by atoms with E-state index < -0.39 is 22.0 Å². The first kappa shape index (κ1) is 23.6. The van der Waals surface area contributed by atoms with Crippen LogP contribution in [0, 0.1) is 6.92 Å². The molecular formula is C26H27NO6S. The van der Waals surface area contributed by atoms with Crippen molar-refractivity contribution in [1.82, 2.24) is 0 Å². The summed E-state index contributed by atoms with van der Waals surface area (Å²) in [5.74, 6) is 0.472. The first-order chi connectivity index (χ1) is 16.3. The van der Waals surface area contributed by atoms with Crippen LogP contribution in [0.25, 0.3) is 11.1 Å². The highest BCUT2D eigenvalue weighted by molar-refractivity contribution is 7.92. The molecule has 8 heteroatoms. The third-order valence-corrected chi connectivity index (χ3v) is 7.71. The number of para-hydroxylation sites is 1. The number of sulfonamides is 1. The van der Waals surface area contributed by atoms with Crippen molar-refractivity contribution in [2.75, 3.05) is 25.1 Å². The lowest BCUT2D eigenvalue weighted by molar-refractivity contribution is -0.143. The monoisotopic (exact) mass is 481 g/mol. The number of ether oxygens (including phenoxy) is 3. The van der Waals surface area contributed by atoms with Gasteiger partial charge in [-0.3, -0.25) is 9.10 Å². The first-order valence-corrected chi connectivity index (χ1v) is 12.4. The number of methoxy groups -OCH3 is 2. The number of carbonyl (C=O) groups excluding carboxylic acids is 1. The third kappa shape index (κ3) is 4.09. The molecule has 1 unspecified atom stereocenters. The molecule has 34 heavy (non-hydrogen) atoms. The zero-order chi connectivity index (χ0) is 24.5. The summed E-state index contributed by atoms with van der Waals surface area (Å²) in [7, 11) is -0.965. The maximum Gasteiger partial charge on any atom is 0.308 e. The molecule has 4 rings (SSSR count). The number of benzene rings is 3. The number of fused-ring (bicyclic) bond motifs is 3. The molecule has 1 heterocycles. The normalized spacial score (nSPS) is 14.7. The van der Waals surface area contributed by atoms with Gasteiger partial charge in [0, 0.05) is 5.56 Å². The Morgan fingerprint density at radius 3 is 2.24 bits per heavy atom. The summed E-state index contributed by atoms with van der Waals surface area (Å²) in [5.41, 5.74) is 3.56. The van der Waals surface area contributed by atoms with E-state index in [4.69, 9.17) is 14.2 Å². The van der Waals surface area contributed by atoms with E-state index in [1.807, 2.05) is 25.1 Å². The Labute approximate surface area is 199 Å².